The number of hydrogen-bond acceptors (Lipinski definition) is 4. The third-order valence-electron chi connectivity index (χ3n) is 4.45. The van der Waals surface area contributed by atoms with Crippen LogP contribution in [-0.4, -0.2) is 42.9 Å². The van der Waals surface area contributed by atoms with Crippen LogP contribution in [0.2, 0.25) is 0 Å². The highest BCUT2D eigenvalue weighted by atomic mass is 32.2. The molecule has 0 radical (unpaired) electrons. The third-order valence-corrected chi connectivity index (χ3v) is 5.61. The quantitative estimate of drug-likeness (QED) is 0.784. The van der Waals surface area contributed by atoms with Gasteiger partial charge in [0, 0.05) is 30.2 Å². The number of anilines is 1. The minimum absolute atomic E-state index is 0.0248. The summed E-state index contributed by atoms with van der Waals surface area (Å²) in [6.07, 6.45) is 0. The fourth-order valence-electron chi connectivity index (χ4n) is 2.91. The van der Waals surface area contributed by atoms with Crippen LogP contribution < -0.4 is 5.32 Å². The number of benzene rings is 2. The molecule has 0 saturated carbocycles. The zero-order valence-electron chi connectivity index (χ0n) is 15.5. The van der Waals surface area contributed by atoms with Gasteiger partial charge >= 0.3 is 0 Å². The second-order valence-corrected chi connectivity index (χ2v) is 7.71. The molecule has 2 aromatic rings. The molecule has 1 aliphatic rings. The number of ether oxygens (including phenoxy) is 1. The van der Waals surface area contributed by atoms with E-state index in [0.29, 0.717) is 5.75 Å². The minimum Gasteiger partial charge on any atom is -0.379 e. The number of aryl methyl sites for hydroxylation is 2. The van der Waals surface area contributed by atoms with Gasteiger partial charge in [-0.1, -0.05) is 29.8 Å². The van der Waals surface area contributed by atoms with Gasteiger partial charge in [-0.15, -0.1) is 11.8 Å². The molecule has 1 aliphatic heterocycles. The lowest BCUT2D eigenvalue weighted by molar-refractivity contribution is -0.113. The van der Waals surface area contributed by atoms with Crippen molar-refractivity contribution in [3.05, 3.63) is 59.2 Å². The molecular weight excluding hydrogens is 344 g/mol. The molecule has 4 nitrogen and oxygen atoms in total. The fraction of sp³-hybridized carbons (Fsp3) is 0.381. The Labute approximate surface area is 159 Å². The summed E-state index contributed by atoms with van der Waals surface area (Å²) in [5.74, 6) is 0.441. The van der Waals surface area contributed by atoms with Crippen LogP contribution in [0.3, 0.4) is 0 Å². The number of amides is 1. The third kappa shape index (κ3) is 5.59. The predicted octanol–water partition coefficient (Wildman–Crippen LogP) is 3.87. The van der Waals surface area contributed by atoms with Crippen molar-refractivity contribution >= 4 is 23.4 Å². The van der Waals surface area contributed by atoms with Gasteiger partial charge in [0.2, 0.25) is 5.91 Å². The Morgan fingerprint density at radius 2 is 1.85 bits per heavy atom. The highest BCUT2D eigenvalue weighted by Crippen LogP contribution is 2.23. The summed E-state index contributed by atoms with van der Waals surface area (Å²) >= 11 is 1.58. The van der Waals surface area contributed by atoms with Crippen molar-refractivity contribution in [1.29, 1.82) is 0 Å². The van der Waals surface area contributed by atoms with E-state index >= 15 is 0 Å². The molecule has 26 heavy (non-hydrogen) atoms. The topological polar surface area (TPSA) is 41.6 Å². The number of rotatable bonds is 6. The van der Waals surface area contributed by atoms with Crippen LogP contribution in [0.1, 0.15) is 16.7 Å². The lowest BCUT2D eigenvalue weighted by Crippen LogP contribution is -2.35. The summed E-state index contributed by atoms with van der Waals surface area (Å²) in [4.78, 5) is 15.8. The molecule has 0 aromatic heterocycles. The fourth-order valence-corrected chi connectivity index (χ4v) is 3.84. The van der Waals surface area contributed by atoms with Gasteiger partial charge in [-0.3, -0.25) is 9.69 Å². The molecule has 1 heterocycles. The SMILES string of the molecule is Cc1ccc(C)c(SCC(=O)Nc2ccc(CN3CCOCC3)cc2)c1. The molecule has 1 fully saturated rings. The first-order chi connectivity index (χ1) is 12.6. The smallest absolute Gasteiger partial charge is 0.234 e. The second kappa shape index (κ2) is 9.21. The number of carbonyl (C=O) groups is 1. The Bertz CT molecular complexity index is 740. The monoisotopic (exact) mass is 370 g/mol. The molecule has 0 bridgehead atoms. The van der Waals surface area contributed by atoms with E-state index in [0.717, 1.165) is 38.5 Å². The van der Waals surface area contributed by atoms with Gasteiger partial charge in [0.1, 0.15) is 0 Å². The van der Waals surface area contributed by atoms with Crippen molar-refractivity contribution in [3.8, 4) is 0 Å². The van der Waals surface area contributed by atoms with Crippen LogP contribution in [0.25, 0.3) is 0 Å². The molecule has 0 unspecified atom stereocenters. The Balaban J connectivity index is 1.48. The number of nitrogens with zero attached hydrogens (tertiary/aromatic N) is 1. The van der Waals surface area contributed by atoms with Crippen molar-refractivity contribution in [1.82, 2.24) is 4.90 Å². The first-order valence-corrected chi connectivity index (χ1v) is 9.98. The van der Waals surface area contributed by atoms with E-state index in [1.807, 2.05) is 12.1 Å². The van der Waals surface area contributed by atoms with Gasteiger partial charge in [-0.05, 0) is 43.2 Å². The first-order valence-electron chi connectivity index (χ1n) is 8.99. The standard InChI is InChI=1S/C21H26N2O2S/c1-16-3-4-17(2)20(13-16)26-15-21(24)22-19-7-5-18(6-8-19)14-23-9-11-25-12-10-23/h3-8,13H,9-12,14-15H2,1-2H3,(H,22,24). The van der Waals surface area contributed by atoms with Crippen molar-refractivity contribution in [2.45, 2.75) is 25.3 Å². The maximum Gasteiger partial charge on any atom is 0.234 e. The van der Waals surface area contributed by atoms with Gasteiger partial charge in [-0.25, -0.2) is 0 Å². The number of thioether (sulfide) groups is 1. The summed E-state index contributed by atoms with van der Waals surface area (Å²) in [5.41, 5.74) is 4.53. The van der Waals surface area contributed by atoms with E-state index in [2.05, 4.69) is 54.4 Å². The van der Waals surface area contributed by atoms with Gasteiger partial charge in [-0.2, -0.15) is 0 Å². The second-order valence-electron chi connectivity index (χ2n) is 6.69. The Morgan fingerprint density at radius 1 is 1.12 bits per heavy atom. The molecule has 1 N–H and O–H groups in total. The zero-order chi connectivity index (χ0) is 18.4. The Kier molecular flexibility index (Phi) is 6.72. The summed E-state index contributed by atoms with van der Waals surface area (Å²) in [7, 11) is 0. The summed E-state index contributed by atoms with van der Waals surface area (Å²) < 4.78 is 5.38. The molecule has 5 heteroatoms. The molecule has 138 valence electrons. The largest absolute Gasteiger partial charge is 0.379 e. The summed E-state index contributed by atoms with van der Waals surface area (Å²) in [6, 6.07) is 14.5. The molecule has 3 rings (SSSR count). The van der Waals surface area contributed by atoms with E-state index in [1.54, 1.807) is 11.8 Å². The number of morpholine rings is 1. The number of hydrogen-bond donors (Lipinski definition) is 1. The van der Waals surface area contributed by atoms with Gasteiger partial charge in [0.05, 0.1) is 19.0 Å². The van der Waals surface area contributed by atoms with Crippen LogP contribution in [0.15, 0.2) is 47.4 Å². The Hall–Kier alpha value is -1.82. The molecular formula is C21H26N2O2S. The van der Waals surface area contributed by atoms with Crippen LogP contribution in [-0.2, 0) is 16.1 Å². The predicted molar refractivity (Wildman–Crippen MR) is 108 cm³/mol. The molecule has 0 spiro atoms. The van der Waals surface area contributed by atoms with E-state index in [-0.39, 0.29) is 5.91 Å². The molecule has 1 saturated heterocycles. The first kappa shape index (κ1) is 19.0. The highest BCUT2D eigenvalue weighted by Gasteiger charge is 2.11. The summed E-state index contributed by atoms with van der Waals surface area (Å²) in [6.45, 7) is 8.66. The average Bonchev–Trinajstić information content (AvgIpc) is 2.65. The van der Waals surface area contributed by atoms with Gasteiger partial charge in [0.15, 0.2) is 0 Å². The normalized spacial score (nSPS) is 15.0. The molecule has 2 aromatic carbocycles. The van der Waals surface area contributed by atoms with Crippen LogP contribution in [0.4, 0.5) is 5.69 Å². The Morgan fingerprint density at radius 3 is 2.58 bits per heavy atom. The molecule has 0 atom stereocenters. The molecule has 0 aliphatic carbocycles. The highest BCUT2D eigenvalue weighted by molar-refractivity contribution is 8.00. The average molecular weight is 371 g/mol. The summed E-state index contributed by atoms with van der Waals surface area (Å²) in [5, 5.41) is 2.98. The number of nitrogens with one attached hydrogen (secondary N) is 1. The zero-order valence-corrected chi connectivity index (χ0v) is 16.3. The maximum absolute atomic E-state index is 12.2. The van der Waals surface area contributed by atoms with Crippen molar-refractivity contribution in [2.24, 2.45) is 0 Å². The van der Waals surface area contributed by atoms with Crippen LogP contribution in [0, 0.1) is 13.8 Å². The lowest BCUT2D eigenvalue weighted by atomic mass is 10.2. The van der Waals surface area contributed by atoms with Gasteiger partial charge < -0.3 is 10.1 Å². The maximum atomic E-state index is 12.2. The van der Waals surface area contributed by atoms with Crippen molar-refractivity contribution in [2.75, 3.05) is 37.4 Å². The van der Waals surface area contributed by atoms with Crippen LogP contribution in [0.5, 0.6) is 0 Å². The minimum atomic E-state index is 0.0248. The lowest BCUT2D eigenvalue weighted by Gasteiger charge is -2.26. The van der Waals surface area contributed by atoms with E-state index in [9.17, 15) is 4.79 Å². The van der Waals surface area contributed by atoms with Gasteiger partial charge in [0.25, 0.3) is 0 Å². The molecule has 1 amide bonds. The van der Waals surface area contributed by atoms with Crippen molar-refractivity contribution in [3.63, 3.8) is 0 Å². The number of carbonyl (C=O) groups excluding carboxylic acids is 1. The van der Waals surface area contributed by atoms with E-state index in [4.69, 9.17) is 4.74 Å². The van der Waals surface area contributed by atoms with Crippen molar-refractivity contribution < 1.29 is 9.53 Å². The van der Waals surface area contributed by atoms with Crippen LogP contribution >= 0.6 is 11.8 Å². The van der Waals surface area contributed by atoms with E-state index < -0.39 is 0 Å². The van der Waals surface area contributed by atoms with E-state index in [1.165, 1.54) is 21.6 Å².